The first kappa shape index (κ1) is 22.1. The van der Waals surface area contributed by atoms with Gasteiger partial charge in [0.2, 0.25) is 0 Å². The van der Waals surface area contributed by atoms with Gasteiger partial charge in [0.1, 0.15) is 0 Å². The zero-order valence-corrected chi connectivity index (χ0v) is 18.3. The van der Waals surface area contributed by atoms with Crippen LogP contribution in [0.3, 0.4) is 0 Å². The maximum Gasteiger partial charge on any atom is 0.319 e. The van der Waals surface area contributed by atoms with Crippen LogP contribution in [0.15, 0.2) is 78.9 Å². The summed E-state index contributed by atoms with van der Waals surface area (Å²) in [6.07, 6.45) is 0.777. The van der Waals surface area contributed by atoms with E-state index in [0.29, 0.717) is 17.8 Å². The summed E-state index contributed by atoms with van der Waals surface area (Å²) in [6, 6.07) is 25.7. The molecule has 3 amide bonds. The Morgan fingerprint density at radius 2 is 1.45 bits per heavy atom. The normalized spacial score (nSPS) is 10.6. The average molecular weight is 416 g/mol. The van der Waals surface area contributed by atoms with Crippen molar-refractivity contribution in [2.45, 2.75) is 19.3 Å². The van der Waals surface area contributed by atoms with Gasteiger partial charge in [0.05, 0.1) is 0 Å². The molecule has 3 aromatic rings. The molecule has 5 nitrogen and oxygen atoms in total. The molecule has 0 aliphatic heterocycles. The van der Waals surface area contributed by atoms with Crippen LogP contribution in [0.5, 0.6) is 0 Å². The van der Waals surface area contributed by atoms with Gasteiger partial charge < -0.3 is 15.5 Å². The minimum absolute atomic E-state index is 0.1000. The molecule has 0 aliphatic rings. The van der Waals surface area contributed by atoms with Gasteiger partial charge in [0.25, 0.3) is 5.91 Å². The van der Waals surface area contributed by atoms with Crippen molar-refractivity contribution in [2.24, 2.45) is 0 Å². The van der Waals surface area contributed by atoms with Crippen LogP contribution >= 0.6 is 0 Å². The third-order valence-electron chi connectivity index (χ3n) is 5.26. The minimum atomic E-state index is -0.280. The molecule has 0 spiro atoms. The van der Waals surface area contributed by atoms with Crippen LogP contribution < -0.4 is 10.6 Å². The SMILES string of the molecule is Cc1ccc(C(=O)N(C)C)cc1NC(=O)NCCC(c1ccccc1)c1ccccc1. The van der Waals surface area contributed by atoms with E-state index in [0.717, 1.165) is 12.0 Å². The van der Waals surface area contributed by atoms with Gasteiger partial charge in [-0.2, -0.15) is 0 Å². The third-order valence-corrected chi connectivity index (χ3v) is 5.26. The van der Waals surface area contributed by atoms with Crippen LogP contribution in [0.4, 0.5) is 10.5 Å². The van der Waals surface area contributed by atoms with Gasteiger partial charge in [-0.25, -0.2) is 4.79 Å². The Balaban J connectivity index is 1.64. The number of amides is 3. The van der Waals surface area contributed by atoms with Crippen molar-refractivity contribution in [3.05, 3.63) is 101 Å². The smallest absolute Gasteiger partial charge is 0.319 e. The maximum atomic E-state index is 12.5. The van der Waals surface area contributed by atoms with Gasteiger partial charge in [0, 0.05) is 37.8 Å². The van der Waals surface area contributed by atoms with Crippen molar-refractivity contribution in [3.8, 4) is 0 Å². The Bertz CT molecular complexity index is 978. The molecule has 0 unspecified atom stereocenters. The van der Waals surface area contributed by atoms with E-state index in [1.165, 1.54) is 16.0 Å². The third kappa shape index (κ3) is 5.95. The molecule has 0 fully saturated rings. The molecule has 0 saturated carbocycles. The number of hydrogen-bond acceptors (Lipinski definition) is 2. The van der Waals surface area contributed by atoms with E-state index in [2.05, 4.69) is 34.9 Å². The van der Waals surface area contributed by atoms with Gasteiger partial charge in [-0.15, -0.1) is 0 Å². The lowest BCUT2D eigenvalue weighted by Crippen LogP contribution is -2.31. The Hall–Kier alpha value is -3.60. The second-order valence-electron chi connectivity index (χ2n) is 7.77. The first-order valence-corrected chi connectivity index (χ1v) is 10.4. The maximum absolute atomic E-state index is 12.5. The van der Waals surface area contributed by atoms with Crippen molar-refractivity contribution in [2.75, 3.05) is 26.0 Å². The van der Waals surface area contributed by atoms with Gasteiger partial charge in [0.15, 0.2) is 0 Å². The predicted molar refractivity (Wildman–Crippen MR) is 126 cm³/mol. The van der Waals surface area contributed by atoms with Crippen molar-refractivity contribution in [3.63, 3.8) is 0 Å². The summed E-state index contributed by atoms with van der Waals surface area (Å²) >= 11 is 0. The van der Waals surface area contributed by atoms with E-state index in [1.807, 2.05) is 49.4 Å². The van der Waals surface area contributed by atoms with Crippen molar-refractivity contribution < 1.29 is 9.59 Å². The molecular formula is C26H29N3O2. The van der Waals surface area contributed by atoms with E-state index in [9.17, 15) is 9.59 Å². The number of hydrogen-bond donors (Lipinski definition) is 2. The zero-order valence-electron chi connectivity index (χ0n) is 18.3. The molecule has 0 aromatic heterocycles. The molecule has 0 heterocycles. The summed E-state index contributed by atoms with van der Waals surface area (Å²) in [4.78, 5) is 26.2. The highest BCUT2D eigenvalue weighted by Crippen LogP contribution is 2.27. The van der Waals surface area contributed by atoms with E-state index >= 15 is 0 Å². The highest BCUT2D eigenvalue weighted by atomic mass is 16.2. The summed E-state index contributed by atoms with van der Waals surface area (Å²) < 4.78 is 0. The lowest BCUT2D eigenvalue weighted by atomic mass is 9.88. The van der Waals surface area contributed by atoms with Crippen molar-refractivity contribution in [1.29, 1.82) is 0 Å². The number of anilines is 1. The minimum Gasteiger partial charge on any atom is -0.345 e. The highest BCUT2D eigenvalue weighted by Gasteiger charge is 2.15. The number of rotatable bonds is 7. The van der Waals surface area contributed by atoms with Crippen molar-refractivity contribution in [1.82, 2.24) is 10.2 Å². The van der Waals surface area contributed by atoms with Crippen LogP contribution in [0.1, 0.15) is 39.4 Å². The summed E-state index contributed by atoms with van der Waals surface area (Å²) in [7, 11) is 3.41. The quantitative estimate of drug-likeness (QED) is 0.568. The molecule has 0 atom stereocenters. The number of carbonyl (C=O) groups is 2. The summed E-state index contributed by atoms with van der Waals surface area (Å²) in [5.74, 6) is 0.0995. The van der Waals surface area contributed by atoms with Crippen LogP contribution in [0, 0.1) is 6.92 Å². The lowest BCUT2D eigenvalue weighted by molar-refractivity contribution is 0.0827. The molecular weight excluding hydrogens is 386 g/mol. The van der Waals surface area contributed by atoms with E-state index < -0.39 is 0 Å². The first-order chi connectivity index (χ1) is 15.0. The topological polar surface area (TPSA) is 61.4 Å². The lowest BCUT2D eigenvalue weighted by Gasteiger charge is -2.19. The summed E-state index contributed by atoms with van der Waals surface area (Å²) in [5, 5.41) is 5.83. The van der Waals surface area contributed by atoms with Crippen LogP contribution in [-0.4, -0.2) is 37.5 Å². The van der Waals surface area contributed by atoms with E-state index in [1.54, 1.807) is 26.2 Å². The standard InChI is InChI=1S/C26H29N3O2/c1-19-14-15-22(25(30)29(2)3)18-24(19)28-26(31)27-17-16-23(20-10-6-4-7-11-20)21-12-8-5-9-13-21/h4-15,18,23H,16-17H2,1-3H3,(H2,27,28,31). The zero-order chi connectivity index (χ0) is 22.2. The molecule has 3 aromatic carbocycles. The van der Waals surface area contributed by atoms with E-state index in [4.69, 9.17) is 0 Å². The van der Waals surface area contributed by atoms with Crippen LogP contribution in [0.2, 0.25) is 0 Å². The average Bonchev–Trinajstić information content (AvgIpc) is 2.79. The Morgan fingerprint density at radius 3 is 2.00 bits per heavy atom. The van der Waals surface area contributed by atoms with Crippen molar-refractivity contribution >= 4 is 17.6 Å². The van der Waals surface area contributed by atoms with Gasteiger partial charge in [-0.3, -0.25) is 4.79 Å². The number of carbonyl (C=O) groups excluding carboxylic acids is 2. The summed E-state index contributed by atoms with van der Waals surface area (Å²) in [5.41, 5.74) is 4.52. The molecule has 2 N–H and O–H groups in total. The van der Waals surface area contributed by atoms with Gasteiger partial charge >= 0.3 is 6.03 Å². The molecule has 160 valence electrons. The fraction of sp³-hybridized carbons (Fsp3) is 0.231. The van der Waals surface area contributed by atoms with E-state index in [-0.39, 0.29) is 17.9 Å². The fourth-order valence-corrected chi connectivity index (χ4v) is 3.54. The second kappa shape index (κ2) is 10.4. The molecule has 0 bridgehead atoms. The first-order valence-electron chi connectivity index (χ1n) is 10.4. The molecule has 0 radical (unpaired) electrons. The predicted octanol–water partition coefficient (Wildman–Crippen LogP) is 5.04. The second-order valence-corrected chi connectivity index (χ2v) is 7.77. The van der Waals surface area contributed by atoms with Gasteiger partial charge in [-0.1, -0.05) is 66.7 Å². The molecule has 3 rings (SSSR count). The number of nitrogens with one attached hydrogen (secondary N) is 2. The Labute approximate surface area is 184 Å². The molecule has 0 saturated heterocycles. The largest absolute Gasteiger partial charge is 0.345 e. The van der Waals surface area contributed by atoms with Crippen LogP contribution in [0.25, 0.3) is 0 Å². The summed E-state index contributed by atoms with van der Waals surface area (Å²) in [6.45, 7) is 2.43. The number of nitrogens with zero attached hydrogens (tertiary/aromatic N) is 1. The molecule has 5 heteroatoms. The number of benzene rings is 3. The Morgan fingerprint density at radius 1 is 0.871 bits per heavy atom. The molecule has 31 heavy (non-hydrogen) atoms. The monoisotopic (exact) mass is 415 g/mol. The Kier molecular flexibility index (Phi) is 7.44. The fourth-order valence-electron chi connectivity index (χ4n) is 3.54. The highest BCUT2D eigenvalue weighted by molar-refractivity contribution is 5.97. The van der Waals surface area contributed by atoms with Gasteiger partial charge in [-0.05, 0) is 42.2 Å². The number of urea groups is 1. The number of aryl methyl sites for hydroxylation is 1. The molecule has 0 aliphatic carbocycles. The van der Waals surface area contributed by atoms with Crippen LogP contribution in [-0.2, 0) is 0 Å².